The Morgan fingerprint density at radius 2 is 1.25 bits per heavy atom. The fourth-order valence-electron chi connectivity index (χ4n) is 1.82. The molecule has 2 rings (SSSR count). The second-order valence-corrected chi connectivity index (χ2v) is 7.56. The van der Waals surface area contributed by atoms with Crippen molar-refractivity contribution in [2.75, 3.05) is 0 Å². The zero-order chi connectivity index (χ0) is 14.6. The molecule has 0 saturated carbocycles. The van der Waals surface area contributed by atoms with Gasteiger partial charge in [0.15, 0.2) is 0 Å². The highest BCUT2D eigenvalue weighted by Crippen LogP contribution is 2.37. The van der Waals surface area contributed by atoms with Gasteiger partial charge in [-0.1, -0.05) is 60.7 Å². The Balaban J connectivity index is 2.38. The number of ether oxygens (including phenoxy) is 1. The van der Waals surface area contributed by atoms with E-state index in [-0.39, 0.29) is 5.71 Å². The van der Waals surface area contributed by atoms with E-state index in [1.807, 2.05) is 81.4 Å². The number of benzene rings is 2. The fraction of sp³-hybridized carbons (Fsp3) is 0.235. The van der Waals surface area contributed by atoms with Gasteiger partial charge in [-0.2, -0.15) is 0 Å². The zero-order valence-electron chi connectivity index (χ0n) is 12.0. The van der Waals surface area contributed by atoms with Crippen LogP contribution in [0.15, 0.2) is 60.7 Å². The number of carbonyl (C=O) groups is 1. The minimum absolute atomic E-state index is 0.148. The minimum atomic E-state index is -1.14. The third-order valence-corrected chi connectivity index (χ3v) is 4.69. The Morgan fingerprint density at radius 3 is 1.60 bits per heavy atom. The van der Waals surface area contributed by atoms with Gasteiger partial charge < -0.3 is 4.74 Å². The van der Waals surface area contributed by atoms with Crippen molar-refractivity contribution in [1.29, 1.82) is 0 Å². The van der Waals surface area contributed by atoms with Crippen LogP contribution in [-0.2, 0) is 4.74 Å². The first kappa shape index (κ1) is 14.7. The van der Waals surface area contributed by atoms with Crippen LogP contribution in [0.2, 0.25) is 0 Å². The van der Waals surface area contributed by atoms with Crippen LogP contribution in [-0.4, -0.2) is 11.3 Å². The largest absolute Gasteiger partial charge is 0.456 e. The maximum Gasteiger partial charge on any atom is 0.335 e. The molecule has 0 aliphatic heterocycles. The molecule has 0 aliphatic rings. The van der Waals surface area contributed by atoms with Crippen molar-refractivity contribution in [3.05, 3.63) is 60.7 Å². The van der Waals surface area contributed by atoms with Crippen LogP contribution in [0, 0.1) is 0 Å². The maximum atomic E-state index is 12.6. The van der Waals surface area contributed by atoms with Gasteiger partial charge >= 0.3 is 5.71 Å². The summed E-state index contributed by atoms with van der Waals surface area (Å²) in [6.45, 7) is 5.69. The van der Waals surface area contributed by atoms with E-state index in [4.69, 9.17) is 4.74 Å². The second-order valence-electron chi connectivity index (χ2n) is 5.49. The first-order valence-electron chi connectivity index (χ1n) is 6.60. The Kier molecular flexibility index (Phi) is 4.57. The number of hydrogen-bond acceptors (Lipinski definition) is 2. The molecule has 0 aliphatic carbocycles. The van der Waals surface area contributed by atoms with Crippen LogP contribution >= 0.6 is 7.92 Å². The molecule has 20 heavy (non-hydrogen) atoms. The molecule has 0 heterocycles. The highest BCUT2D eigenvalue weighted by atomic mass is 31.1. The topological polar surface area (TPSA) is 26.3 Å². The van der Waals surface area contributed by atoms with E-state index in [0.717, 1.165) is 10.6 Å². The van der Waals surface area contributed by atoms with Gasteiger partial charge in [-0.25, -0.2) is 4.79 Å². The van der Waals surface area contributed by atoms with Gasteiger partial charge in [0.25, 0.3) is 0 Å². The van der Waals surface area contributed by atoms with Crippen molar-refractivity contribution in [3.63, 3.8) is 0 Å². The monoisotopic (exact) mass is 286 g/mol. The predicted molar refractivity (Wildman–Crippen MR) is 85.3 cm³/mol. The lowest BCUT2D eigenvalue weighted by atomic mass is 10.2. The normalized spacial score (nSPS) is 11.4. The molecule has 0 bridgehead atoms. The summed E-state index contributed by atoms with van der Waals surface area (Å²) < 4.78 is 5.60. The lowest BCUT2D eigenvalue weighted by molar-refractivity contribution is 0.0731. The molecule has 0 unspecified atom stereocenters. The Hall–Kier alpha value is -1.66. The Labute approximate surface area is 121 Å². The van der Waals surface area contributed by atoms with Crippen molar-refractivity contribution in [3.8, 4) is 0 Å². The van der Waals surface area contributed by atoms with Gasteiger partial charge in [-0.15, -0.1) is 0 Å². The van der Waals surface area contributed by atoms with Crippen molar-refractivity contribution in [2.45, 2.75) is 26.4 Å². The zero-order valence-corrected chi connectivity index (χ0v) is 12.9. The lowest BCUT2D eigenvalue weighted by Gasteiger charge is -2.24. The van der Waals surface area contributed by atoms with Gasteiger partial charge in [0.05, 0.1) is 7.92 Å². The Bertz CT molecular complexity index is 519. The molecule has 2 aromatic carbocycles. The SMILES string of the molecule is CC(C)(C)OC(=O)P(c1ccccc1)c1ccccc1. The number of rotatable bonds is 3. The molecule has 2 aromatic rings. The van der Waals surface area contributed by atoms with Gasteiger partial charge in [-0.05, 0) is 31.4 Å². The predicted octanol–water partition coefficient (Wildman–Crippen LogP) is 4.05. The number of carbonyl (C=O) groups excluding carboxylic acids is 1. The molecule has 0 saturated heterocycles. The molecule has 0 N–H and O–H groups in total. The molecule has 0 atom stereocenters. The van der Waals surface area contributed by atoms with Gasteiger partial charge in [-0.3, -0.25) is 0 Å². The van der Waals surface area contributed by atoms with Crippen LogP contribution in [0.25, 0.3) is 0 Å². The fourth-order valence-corrected chi connectivity index (χ4v) is 3.85. The molecular weight excluding hydrogens is 267 g/mol. The van der Waals surface area contributed by atoms with E-state index in [1.54, 1.807) is 0 Å². The van der Waals surface area contributed by atoms with Crippen LogP contribution in [0.1, 0.15) is 20.8 Å². The molecule has 0 fully saturated rings. The van der Waals surface area contributed by atoms with E-state index in [2.05, 4.69) is 0 Å². The quantitative estimate of drug-likeness (QED) is 0.795. The summed E-state index contributed by atoms with van der Waals surface area (Å²) in [7, 11) is -1.14. The van der Waals surface area contributed by atoms with Gasteiger partial charge in [0.2, 0.25) is 0 Å². The van der Waals surface area contributed by atoms with Crippen LogP contribution in [0.5, 0.6) is 0 Å². The highest BCUT2D eigenvalue weighted by Gasteiger charge is 2.27. The molecule has 0 aromatic heterocycles. The number of hydrogen-bond donors (Lipinski definition) is 0. The van der Waals surface area contributed by atoms with E-state index in [0.29, 0.717) is 0 Å². The van der Waals surface area contributed by atoms with Gasteiger partial charge in [0, 0.05) is 0 Å². The molecule has 3 heteroatoms. The third kappa shape index (κ3) is 3.91. The maximum absolute atomic E-state index is 12.6. The van der Waals surface area contributed by atoms with E-state index < -0.39 is 13.5 Å². The van der Waals surface area contributed by atoms with E-state index in [1.165, 1.54) is 0 Å². The summed E-state index contributed by atoms with van der Waals surface area (Å²) in [5.74, 6) is 0. The summed E-state index contributed by atoms with van der Waals surface area (Å²) in [5, 5.41) is 2.03. The van der Waals surface area contributed by atoms with Crippen LogP contribution in [0.4, 0.5) is 4.79 Å². The lowest BCUT2D eigenvalue weighted by Crippen LogP contribution is -2.27. The molecule has 0 spiro atoms. The summed E-state index contributed by atoms with van der Waals surface area (Å²) in [4.78, 5) is 12.6. The minimum Gasteiger partial charge on any atom is -0.456 e. The first-order valence-corrected chi connectivity index (χ1v) is 7.95. The highest BCUT2D eigenvalue weighted by molar-refractivity contribution is 7.87. The van der Waals surface area contributed by atoms with Crippen molar-refractivity contribution >= 4 is 24.2 Å². The van der Waals surface area contributed by atoms with Gasteiger partial charge in [0.1, 0.15) is 5.60 Å². The Morgan fingerprint density at radius 1 is 0.850 bits per heavy atom. The van der Waals surface area contributed by atoms with Crippen molar-refractivity contribution < 1.29 is 9.53 Å². The summed E-state index contributed by atoms with van der Waals surface area (Å²) in [5.41, 5.74) is -0.619. The molecule has 2 nitrogen and oxygen atoms in total. The smallest absolute Gasteiger partial charge is 0.335 e. The van der Waals surface area contributed by atoms with Crippen molar-refractivity contribution in [1.82, 2.24) is 0 Å². The van der Waals surface area contributed by atoms with Crippen LogP contribution in [0.3, 0.4) is 0 Å². The second kappa shape index (κ2) is 6.19. The summed E-state index contributed by atoms with van der Waals surface area (Å²) in [6.07, 6.45) is 0. The van der Waals surface area contributed by atoms with E-state index in [9.17, 15) is 4.79 Å². The summed E-state index contributed by atoms with van der Waals surface area (Å²) >= 11 is 0. The van der Waals surface area contributed by atoms with Crippen molar-refractivity contribution in [2.24, 2.45) is 0 Å². The van der Waals surface area contributed by atoms with E-state index >= 15 is 0 Å². The third-order valence-electron chi connectivity index (χ3n) is 2.60. The molecular formula is C17H19O2P. The van der Waals surface area contributed by atoms with Crippen LogP contribution < -0.4 is 10.6 Å². The average Bonchev–Trinajstić information content (AvgIpc) is 2.39. The summed E-state index contributed by atoms with van der Waals surface area (Å²) in [6, 6.07) is 19.7. The average molecular weight is 286 g/mol. The standard InChI is InChI=1S/C17H19O2P/c1-17(2,3)19-16(18)20(14-10-6-4-7-11-14)15-12-8-5-9-13-15/h4-13H,1-3H3. The first-order chi connectivity index (χ1) is 9.47. The molecule has 0 amide bonds. The molecule has 0 radical (unpaired) electrons. The molecule has 104 valence electrons.